The van der Waals surface area contributed by atoms with Crippen LogP contribution in [0.1, 0.15) is 28.9 Å². The maximum absolute atomic E-state index is 12.3. The van der Waals surface area contributed by atoms with Crippen molar-refractivity contribution in [3.63, 3.8) is 0 Å². The van der Waals surface area contributed by atoms with Gasteiger partial charge in [0.1, 0.15) is 5.82 Å². The van der Waals surface area contributed by atoms with Gasteiger partial charge >= 0.3 is 0 Å². The molecule has 0 aromatic carbocycles. The van der Waals surface area contributed by atoms with E-state index in [2.05, 4.69) is 15.2 Å². The summed E-state index contributed by atoms with van der Waals surface area (Å²) in [6.45, 7) is 2.37. The van der Waals surface area contributed by atoms with Gasteiger partial charge in [0, 0.05) is 26.5 Å². The van der Waals surface area contributed by atoms with Crippen molar-refractivity contribution in [1.29, 1.82) is 0 Å². The Morgan fingerprint density at radius 1 is 1.58 bits per heavy atom. The summed E-state index contributed by atoms with van der Waals surface area (Å²) in [5.41, 5.74) is 7.38. The van der Waals surface area contributed by atoms with E-state index in [1.165, 1.54) is 0 Å². The zero-order chi connectivity index (χ0) is 14.0. The minimum absolute atomic E-state index is 0.212. The van der Waals surface area contributed by atoms with Gasteiger partial charge in [0.15, 0.2) is 5.69 Å². The minimum Gasteiger partial charge on any atom is -0.395 e. The zero-order valence-corrected chi connectivity index (χ0v) is 11.3. The summed E-state index contributed by atoms with van der Waals surface area (Å²) >= 11 is 0. The van der Waals surface area contributed by atoms with Crippen LogP contribution in [0.3, 0.4) is 0 Å². The summed E-state index contributed by atoms with van der Waals surface area (Å²) in [5, 5.41) is 6.78. The molecule has 2 aromatic heterocycles. The molecular weight excluding hydrogens is 244 g/mol. The number of hydrogen-bond acceptors (Lipinski definition) is 4. The van der Waals surface area contributed by atoms with Gasteiger partial charge in [-0.1, -0.05) is 6.92 Å². The molecule has 19 heavy (non-hydrogen) atoms. The maximum Gasteiger partial charge on any atom is 0.276 e. The number of aryl methyl sites for hydroxylation is 2. The summed E-state index contributed by atoms with van der Waals surface area (Å²) in [4.78, 5) is 18.0. The summed E-state index contributed by atoms with van der Waals surface area (Å²) in [6, 6.07) is 0. The van der Waals surface area contributed by atoms with Crippen LogP contribution in [0.4, 0.5) is 5.69 Å². The average Bonchev–Trinajstić information content (AvgIpc) is 2.95. The van der Waals surface area contributed by atoms with E-state index in [4.69, 9.17) is 5.73 Å². The van der Waals surface area contributed by atoms with Crippen LogP contribution < -0.4 is 5.73 Å². The number of amides is 1. The molecule has 0 spiro atoms. The first-order chi connectivity index (χ1) is 9.04. The van der Waals surface area contributed by atoms with Crippen LogP contribution >= 0.6 is 0 Å². The monoisotopic (exact) mass is 262 g/mol. The lowest BCUT2D eigenvalue weighted by Gasteiger charge is -2.15. The van der Waals surface area contributed by atoms with Crippen LogP contribution in [0, 0.1) is 0 Å². The van der Waals surface area contributed by atoms with Gasteiger partial charge in [-0.15, -0.1) is 0 Å². The van der Waals surface area contributed by atoms with Gasteiger partial charge in [-0.3, -0.25) is 9.89 Å². The highest BCUT2D eigenvalue weighted by molar-refractivity contribution is 5.97. The highest BCUT2D eigenvalue weighted by atomic mass is 16.2. The first kappa shape index (κ1) is 13.1. The van der Waals surface area contributed by atoms with E-state index in [1.807, 2.05) is 24.7 Å². The number of H-pyrrole nitrogens is 1. The van der Waals surface area contributed by atoms with Crippen LogP contribution in [0.15, 0.2) is 12.4 Å². The largest absolute Gasteiger partial charge is 0.395 e. The van der Waals surface area contributed by atoms with Crippen molar-refractivity contribution < 1.29 is 4.79 Å². The van der Waals surface area contributed by atoms with E-state index in [0.29, 0.717) is 12.2 Å². The van der Waals surface area contributed by atoms with Crippen LogP contribution in [0.2, 0.25) is 0 Å². The van der Waals surface area contributed by atoms with E-state index < -0.39 is 0 Å². The fourth-order valence-electron chi connectivity index (χ4n) is 1.83. The molecule has 2 aromatic rings. The van der Waals surface area contributed by atoms with Gasteiger partial charge in [-0.25, -0.2) is 4.98 Å². The maximum atomic E-state index is 12.3. The summed E-state index contributed by atoms with van der Waals surface area (Å²) in [7, 11) is 3.59. The molecular formula is C12H18N6O. The number of nitrogens with two attached hydrogens (primary N) is 1. The van der Waals surface area contributed by atoms with Crippen molar-refractivity contribution in [1.82, 2.24) is 24.6 Å². The van der Waals surface area contributed by atoms with Crippen molar-refractivity contribution >= 4 is 11.6 Å². The predicted molar refractivity (Wildman–Crippen MR) is 71.4 cm³/mol. The quantitative estimate of drug-likeness (QED) is 0.842. The molecule has 7 nitrogen and oxygen atoms in total. The number of aromatic nitrogens is 4. The Morgan fingerprint density at radius 3 is 2.84 bits per heavy atom. The molecule has 0 saturated heterocycles. The fourth-order valence-corrected chi connectivity index (χ4v) is 1.83. The molecule has 0 saturated carbocycles. The minimum atomic E-state index is -0.212. The molecule has 0 aliphatic carbocycles. The molecule has 2 heterocycles. The molecule has 102 valence electrons. The van der Waals surface area contributed by atoms with Gasteiger partial charge in [0.25, 0.3) is 5.91 Å². The average molecular weight is 262 g/mol. The lowest BCUT2D eigenvalue weighted by molar-refractivity contribution is 0.0775. The standard InChI is InChI=1S/C12H18N6O/c1-4-8-10(13)11(16-15-8)12(19)18(3)7-9-14-5-6-17(9)2/h5-6H,4,7,13H2,1-3H3,(H,15,16). The van der Waals surface area contributed by atoms with Crippen LogP contribution in [0.5, 0.6) is 0 Å². The number of nitrogen functional groups attached to an aromatic ring is 1. The fraction of sp³-hybridized carbons (Fsp3) is 0.417. The second-order valence-corrected chi connectivity index (χ2v) is 4.43. The predicted octanol–water partition coefficient (Wildman–Crippen LogP) is 0.560. The van der Waals surface area contributed by atoms with E-state index in [-0.39, 0.29) is 11.6 Å². The smallest absolute Gasteiger partial charge is 0.276 e. The third-order valence-electron chi connectivity index (χ3n) is 3.09. The van der Waals surface area contributed by atoms with Crippen LogP contribution in [-0.2, 0) is 20.0 Å². The molecule has 3 N–H and O–H groups in total. The van der Waals surface area contributed by atoms with Crippen LogP contribution in [0.25, 0.3) is 0 Å². The van der Waals surface area contributed by atoms with Crippen molar-refractivity contribution in [2.24, 2.45) is 7.05 Å². The number of carbonyl (C=O) groups excluding carboxylic acids is 1. The van der Waals surface area contributed by atoms with Crippen molar-refractivity contribution in [3.8, 4) is 0 Å². The SMILES string of the molecule is CCc1[nH]nc(C(=O)N(C)Cc2nccn2C)c1N. The third kappa shape index (κ3) is 2.44. The summed E-state index contributed by atoms with van der Waals surface area (Å²) in [6.07, 6.45) is 4.26. The Kier molecular flexibility index (Phi) is 3.55. The van der Waals surface area contributed by atoms with E-state index in [0.717, 1.165) is 17.9 Å². The summed E-state index contributed by atoms with van der Waals surface area (Å²) in [5.74, 6) is 0.595. The second-order valence-electron chi connectivity index (χ2n) is 4.43. The number of rotatable bonds is 4. The van der Waals surface area contributed by atoms with Gasteiger partial charge in [-0.05, 0) is 6.42 Å². The Labute approximate surface area is 111 Å². The Bertz CT molecular complexity index is 585. The molecule has 0 unspecified atom stereocenters. The van der Waals surface area contributed by atoms with E-state index in [1.54, 1.807) is 18.1 Å². The highest BCUT2D eigenvalue weighted by Crippen LogP contribution is 2.16. The molecule has 7 heteroatoms. The van der Waals surface area contributed by atoms with E-state index >= 15 is 0 Å². The Hall–Kier alpha value is -2.31. The van der Waals surface area contributed by atoms with E-state index in [9.17, 15) is 4.79 Å². The van der Waals surface area contributed by atoms with Crippen LogP contribution in [-0.4, -0.2) is 37.6 Å². The Balaban J connectivity index is 2.15. The first-order valence-corrected chi connectivity index (χ1v) is 6.09. The molecule has 0 radical (unpaired) electrons. The lowest BCUT2D eigenvalue weighted by atomic mass is 10.2. The molecule has 0 aliphatic rings. The number of hydrogen-bond donors (Lipinski definition) is 2. The molecule has 0 bridgehead atoms. The first-order valence-electron chi connectivity index (χ1n) is 6.09. The second kappa shape index (κ2) is 5.13. The van der Waals surface area contributed by atoms with Gasteiger partial charge in [0.2, 0.25) is 0 Å². The molecule has 0 fully saturated rings. The number of carbonyl (C=O) groups is 1. The lowest BCUT2D eigenvalue weighted by Crippen LogP contribution is -2.28. The highest BCUT2D eigenvalue weighted by Gasteiger charge is 2.20. The van der Waals surface area contributed by atoms with Gasteiger partial charge in [-0.2, -0.15) is 5.10 Å². The van der Waals surface area contributed by atoms with Crippen molar-refractivity contribution in [2.75, 3.05) is 12.8 Å². The topological polar surface area (TPSA) is 92.8 Å². The van der Waals surface area contributed by atoms with Gasteiger partial charge < -0.3 is 15.2 Å². The van der Waals surface area contributed by atoms with Gasteiger partial charge in [0.05, 0.1) is 17.9 Å². The third-order valence-corrected chi connectivity index (χ3v) is 3.09. The normalized spacial score (nSPS) is 10.7. The van der Waals surface area contributed by atoms with Crippen molar-refractivity contribution in [3.05, 3.63) is 29.6 Å². The molecule has 2 rings (SSSR count). The molecule has 1 amide bonds. The number of nitrogens with one attached hydrogen (secondary N) is 1. The molecule has 0 aliphatic heterocycles. The number of aromatic amines is 1. The number of imidazole rings is 1. The zero-order valence-electron chi connectivity index (χ0n) is 11.3. The number of anilines is 1. The molecule has 0 atom stereocenters. The van der Waals surface area contributed by atoms with Crippen molar-refractivity contribution in [2.45, 2.75) is 19.9 Å². The number of nitrogens with zero attached hydrogens (tertiary/aromatic N) is 4. The Morgan fingerprint density at radius 2 is 2.32 bits per heavy atom. The summed E-state index contributed by atoms with van der Waals surface area (Å²) < 4.78 is 1.87.